The fourth-order valence-electron chi connectivity index (χ4n) is 1.73. The van der Waals surface area contributed by atoms with Crippen molar-refractivity contribution in [3.8, 4) is 0 Å². The van der Waals surface area contributed by atoms with Crippen LogP contribution in [-0.4, -0.2) is 45.5 Å². The van der Waals surface area contributed by atoms with Gasteiger partial charge in [-0.05, 0) is 18.6 Å². The van der Waals surface area contributed by atoms with Crippen LogP contribution in [0.15, 0.2) is 12.1 Å². The normalized spacial score (nSPS) is 10.7. The van der Waals surface area contributed by atoms with Crippen molar-refractivity contribution in [2.45, 2.75) is 13.0 Å². The highest BCUT2D eigenvalue weighted by atomic mass is 35.5. The predicted octanol–water partition coefficient (Wildman–Crippen LogP) is 1.68. The molecule has 0 aliphatic carbocycles. The van der Waals surface area contributed by atoms with Crippen LogP contribution in [0.1, 0.15) is 12.1 Å². The van der Waals surface area contributed by atoms with E-state index in [2.05, 4.69) is 9.88 Å². The number of anilines is 1. The average Bonchev–Trinajstić information content (AvgIpc) is 2.43. The maximum Gasteiger partial charge on any atom is 0.129 e. The molecule has 1 rings (SSSR count). The van der Waals surface area contributed by atoms with Crippen molar-refractivity contribution in [1.82, 2.24) is 4.98 Å². The molecule has 0 aliphatic heterocycles. The highest BCUT2D eigenvalue weighted by Gasteiger charge is 2.10. The number of nitrogens with zero attached hydrogens (tertiary/aromatic N) is 2. The molecule has 0 amide bonds. The van der Waals surface area contributed by atoms with E-state index in [4.69, 9.17) is 26.8 Å². The molecule has 19 heavy (non-hydrogen) atoms. The first-order valence-electron chi connectivity index (χ1n) is 6.31. The Kier molecular flexibility index (Phi) is 7.74. The van der Waals surface area contributed by atoms with E-state index in [1.54, 1.807) is 14.2 Å². The summed E-state index contributed by atoms with van der Waals surface area (Å²) in [6.45, 7) is 3.34. The van der Waals surface area contributed by atoms with Crippen LogP contribution in [0.3, 0.4) is 0 Å². The van der Waals surface area contributed by atoms with Gasteiger partial charge in [0.15, 0.2) is 0 Å². The molecule has 0 spiro atoms. The monoisotopic (exact) mass is 287 g/mol. The molecule has 0 unspecified atom stereocenters. The van der Waals surface area contributed by atoms with Gasteiger partial charge in [-0.25, -0.2) is 4.98 Å². The number of pyridine rings is 1. The van der Waals surface area contributed by atoms with Crippen LogP contribution < -0.4 is 10.6 Å². The Morgan fingerprint density at radius 2 is 1.95 bits per heavy atom. The molecule has 1 aromatic heterocycles. The summed E-state index contributed by atoms with van der Waals surface area (Å²) in [6, 6.07) is 3.74. The molecule has 108 valence electrons. The third kappa shape index (κ3) is 5.32. The van der Waals surface area contributed by atoms with Gasteiger partial charge in [0.1, 0.15) is 5.82 Å². The molecule has 0 radical (unpaired) electrons. The van der Waals surface area contributed by atoms with Crippen molar-refractivity contribution >= 4 is 17.4 Å². The molecule has 0 saturated heterocycles. The molecule has 0 fully saturated rings. The summed E-state index contributed by atoms with van der Waals surface area (Å²) in [5.74, 6) is 0.873. The second-order valence-electron chi connectivity index (χ2n) is 4.13. The van der Waals surface area contributed by atoms with Crippen molar-refractivity contribution in [3.05, 3.63) is 22.8 Å². The smallest absolute Gasteiger partial charge is 0.129 e. The average molecular weight is 288 g/mol. The van der Waals surface area contributed by atoms with E-state index in [1.807, 2.05) is 12.1 Å². The quantitative estimate of drug-likeness (QED) is 0.700. The van der Waals surface area contributed by atoms with E-state index in [9.17, 15) is 0 Å². The minimum atomic E-state index is 0.336. The molecule has 0 bridgehead atoms. The number of methoxy groups -OCH3 is 2. The number of hydrogen-bond acceptors (Lipinski definition) is 5. The van der Waals surface area contributed by atoms with E-state index in [0.717, 1.165) is 31.9 Å². The second kappa shape index (κ2) is 9.09. The lowest BCUT2D eigenvalue weighted by Gasteiger charge is -2.24. The molecule has 1 aromatic rings. The zero-order chi connectivity index (χ0) is 14.1. The summed E-state index contributed by atoms with van der Waals surface area (Å²) >= 11 is 6.03. The van der Waals surface area contributed by atoms with Crippen LogP contribution in [0.2, 0.25) is 5.02 Å². The lowest BCUT2D eigenvalue weighted by atomic mass is 10.3. The van der Waals surface area contributed by atoms with Crippen LogP contribution in [0.4, 0.5) is 5.82 Å². The molecular formula is C13H22ClN3O2. The van der Waals surface area contributed by atoms with Gasteiger partial charge in [-0.1, -0.05) is 11.6 Å². The first-order valence-corrected chi connectivity index (χ1v) is 6.69. The Morgan fingerprint density at radius 1 is 1.21 bits per heavy atom. The fourth-order valence-corrected chi connectivity index (χ4v) is 1.92. The number of nitrogens with two attached hydrogens (primary N) is 1. The number of halogens is 1. The van der Waals surface area contributed by atoms with Crippen molar-refractivity contribution in [2.75, 3.05) is 45.4 Å². The molecule has 0 aromatic carbocycles. The SMILES string of the molecule is COCCCN(CCOC)c1ccc(Cl)c(CN)n1. The molecule has 0 atom stereocenters. The van der Waals surface area contributed by atoms with Gasteiger partial charge in [0.2, 0.25) is 0 Å². The summed E-state index contributed by atoms with van der Waals surface area (Å²) in [4.78, 5) is 6.65. The summed E-state index contributed by atoms with van der Waals surface area (Å²) in [6.07, 6.45) is 0.933. The highest BCUT2D eigenvalue weighted by molar-refractivity contribution is 6.31. The first-order chi connectivity index (χ1) is 9.22. The van der Waals surface area contributed by atoms with Crippen LogP contribution >= 0.6 is 11.6 Å². The van der Waals surface area contributed by atoms with Gasteiger partial charge in [0, 0.05) is 40.5 Å². The number of rotatable bonds is 9. The largest absolute Gasteiger partial charge is 0.385 e. The molecule has 6 heteroatoms. The molecule has 2 N–H and O–H groups in total. The summed E-state index contributed by atoms with van der Waals surface area (Å²) < 4.78 is 10.2. The van der Waals surface area contributed by atoms with Gasteiger partial charge in [-0.3, -0.25) is 0 Å². The van der Waals surface area contributed by atoms with Crippen molar-refractivity contribution in [1.29, 1.82) is 0 Å². The number of aromatic nitrogens is 1. The minimum absolute atomic E-state index is 0.336. The lowest BCUT2D eigenvalue weighted by Crippen LogP contribution is -2.30. The Labute approximate surface area is 119 Å². The van der Waals surface area contributed by atoms with Gasteiger partial charge in [0.05, 0.1) is 17.3 Å². The van der Waals surface area contributed by atoms with Gasteiger partial charge >= 0.3 is 0 Å². The van der Waals surface area contributed by atoms with E-state index < -0.39 is 0 Å². The Hall–Kier alpha value is -0.880. The van der Waals surface area contributed by atoms with Crippen molar-refractivity contribution in [2.24, 2.45) is 5.73 Å². The Balaban J connectivity index is 2.76. The first kappa shape index (κ1) is 16.2. The van der Waals surface area contributed by atoms with Gasteiger partial charge in [-0.2, -0.15) is 0 Å². The van der Waals surface area contributed by atoms with Gasteiger partial charge in [0.25, 0.3) is 0 Å². The van der Waals surface area contributed by atoms with E-state index in [0.29, 0.717) is 23.9 Å². The number of ether oxygens (including phenoxy) is 2. The molecule has 5 nitrogen and oxygen atoms in total. The predicted molar refractivity (Wildman–Crippen MR) is 77.7 cm³/mol. The van der Waals surface area contributed by atoms with Crippen LogP contribution in [-0.2, 0) is 16.0 Å². The number of hydrogen-bond donors (Lipinski definition) is 1. The minimum Gasteiger partial charge on any atom is -0.385 e. The zero-order valence-corrected chi connectivity index (χ0v) is 12.3. The van der Waals surface area contributed by atoms with Gasteiger partial charge < -0.3 is 20.1 Å². The molecule has 0 saturated carbocycles. The standard InChI is InChI=1S/C13H22ClN3O2/c1-18-8-3-6-17(7-9-19-2)13-5-4-11(14)12(10-15)16-13/h4-5H,3,6-10,15H2,1-2H3. The third-order valence-corrected chi connectivity index (χ3v) is 3.11. The summed E-state index contributed by atoms with van der Waals surface area (Å²) in [5, 5.41) is 0.606. The maximum atomic E-state index is 6.03. The van der Waals surface area contributed by atoms with Crippen molar-refractivity contribution < 1.29 is 9.47 Å². The molecule has 0 aliphatic rings. The summed E-state index contributed by atoms with van der Waals surface area (Å²) in [7, 11) is 3.39. The van der Waals surface area contributed by atoms with E-state index >= 15 is 0 Å². The zero-order valence-electron chi connectivity index (χ0n) is 11.6. The highest BCUT2D eigenvalue weighted by Crippen LogP contribution is 2.19. The second-order valence-corrected chi connectivity index (χ2v) is 4.54. The Bertz CT molecular complexity index is 377. The fraction of sp³-hybridized carbons (Fsp3) is 0.615. The van der Waals surface area contributed by atoms with Gasteiger partial charge in [-0.15, -0.1) is 0 Å². The summed E-state index contributed by atoms with van der Waals surface area (Å²) in [5.41, 5.74) is 6.35. The van der Waals surface area contributed by atoms with Crippen molar-refractivity contribution in [3.63, 3.8) is 0 Å². The lowest BCUT2D eigenvalue weighted by molar-refractivity contribution is 0.191. The topological polar surface area (TPSA) is 60.6 Å². The van der Waals surface area contributed by atoms with E-state index in [1.165, 1.54) is 0 Å². The van der Waals surface area contributed by atoms with E-state index in [-0.39, 0.29) is 0 Å². The maximum absolute atomic E-state index is 6.03. The third-order valence-electron chi connectivity index (χ3n) is 2.76. The molecular weight excluding hydrogens is 266 g/mol. The van der Waals surface area contributed by atoms with Crippen LogP contribution in [0.5, 0.6) is 0 Å². The Morgan fingerprint density at radius 3 is 2.58 bits per heavy atom. The van der Waals surface area contributed by atoms with Crippen LogP contribution in [0.25, 0.3) is 0 Å². The molecule has 1 heterocycles. The van der Waals surface area contributed by atoms with Crippen LogP contribution in [0, 0.1) is 0 Å².